The van der Waals surface area contributed by atoms with Crippen molar-refractivity contribution in [1.82, 2.24) is 5.06 Å². The van der Waals surface area contributed by atoms with Crippen LogP contribution in [-0.2, 0) is 9.57 Å². The number of rotatable bonds is 21. The fourth-order valence-electron chi connectivity index (χ4n) is 5.29. The van der Waals surface area contributed by atoms with Crippen molar-refractivity contribution in [3.05, 3.63) is 11.8 Å². The molecule has 0 aromatic carbocycles. The van der Waals surface area contributed by atoms with Crippen molar-refractivity contribution in [1.29, 1.82) is 0 Å². The van der Waals surface area contributed by atoms with Crippen LogP contribution in [0.3, 0.4) is 0 Å². The van der Waals surface area contributed by atoms with E-state index >= 15 is 0 Å². The first-order valence-electron chi connectivity index (χ1n) is 15.0. The van der Waals surface area contributed by atoms with Crippen LogP contribution in [0.2, 0.25) is 0 Å². The minimum Gasteiger partial charge on any atom is -0.498 e. The van der Waals surface area contributed by atoms with Crippen molar-refractivity contribution in [2.75, 3.05) is 13.2 Å². The number of unbranched alkanes of at least 4 members (excludes halogenated alkanes) is 15. The molecule has 1 aliphatic rings. The average Bonchev–Trinajstić information content (AvgIpc) is 2.73. The predicted octanol–water partition coefficient (Wildman–Crippen LogP) is 9.11. The Morgan fingerprint density at radius 3 is 1.60 bits per heavy atom. The lowest BCUT2D eigenvalue weighted by molar-refractivity contribution is -0.278. The third kappa shape index (κ3) is 15.3. The molecule has 0 aromatic heterocycles. The van der Waals surface area contributed by atoms with Gasteiger partial charge in [-0.15, -0.1) is 0 Å². The van der Waals surface area contributed by atoms with E-state index in [0.29, 0.717) is 0 Å². The first-order valence-corrected chi connectivity index (χ1v) is 15.0. The molecule has 0 aliphatic carbocycles. The van der Waals surface area contributed by atoms with Crippen LogP contribution in [0.15, 0.2) is 11.8 Å². The summed E-state index contributed by atoms with van der Waals surface area (Å²) in [5.41, 5.74) is -1.32. The van der Waals surface area contributed by atoms with Gasteiger partial charge in [0.2, 0.25) is 0 Å². The summed E-state index contributed by atoms with van der Waals surface area (Å²) >= 11 is 0. The second-order valence-electron chi connectivity index (χ2n) is 12.8. The van der Waals surface area contributed by atoms with Crippen LogP contribution in [0.1, 0.15) is 158 Å². The second kappa shape index (κ2) is 17.0. The fraction of sp³-hybridized carbons (Fsp3) is 0.935. The summed E-state index contributed by atoms with van der Waals surface area (Å²) < 4.78 is 6.20. The molecule has 0 saturated carbocycles. The first kappa shape index (κ1) is 32.4. The Morgan fingerprint density at radius 2 is 1.20 bits per heavy atom. The summed E-state index contributed by atoms with van der Waals surface area (Å²) in [4.78, 5) is 6.05. The largest absolute Gasteiger partial charge is 0.498 e. The third-order valence-corrected chi connectivity index (χ3v) is 7.03. The molecule has 0 bridgehead atoms. The Bertz CT molecular complexity index is 562. The molecule has 0 fully saturated rings. The molecule has 1 rings (SSSR count). The zero-order valence-corrected chi connectivity index (χ0v) is 24.7. The maximum absolute atomic E-state index is 10.1. The lowest BCUT2D eigenvalue weighted by Crippen LogP contribution is -2.58. The van der Waals surface area contributed by atoms with E-state index in [2.05, 4.69) is 40.7 Å². The van der Waals surface area contributed by atoms with Gasteiger partial charge >= 0.3 is 0 Å². The molecule has 0 saturated heterocycles. The highest BCUT2D eigenvalue weighted by Gasteiger charge is 2.43. The molecule has 4 nitrogen and oxygen atoms in total. The Morgan fingerprint density at radius 1 is 0.771 bits per heavy atom. The van der Waals surface area contributed by atoms with Crippen molar-refractivity contribution in [2.45, 2.75) is 174 Å². The van der Waals surface area contributed by atoms with Crippen LogP contribution < -0.4 is 0 Å². The van der Waals surface area contributed by atoms with Gasteiger partial charge in [0.05, 0.1) is 30.1 Å². The van der Waals surface area contributed by atoms with Gasteiger partial charge in [0, 0.05) is 12.0 Å². The van der Waals surface area contributed by atoms with Gasteiger partial charge in [-0.1, -0.05) is 103 Å². The summed E-state index contributed by atoms with van der Waals surface area (Å²) in [6, 6.07) is 0. The smallest absolute Gasteiger partial charge is 0.0967 e. The van der Waals surface area contributed by atoms with Crippen LogP contribution in [0, 0.1) is 0 Å². The van der Waals surface area contributed by atoms with Crippen molar-refractivity contribution in [3.8, 4) is 0 Å². The highest BCUT2D eigenvalue weighted by atomic mass is 16.7. The minimum atomic E-state index is -0.847. The van der Waals surface area contributed by atoms with E-state index in [4.69, 9.17) is 9.57 Å². The zero-order valence-electron chi connectivity index (χ0n) is 24.7. The van der Waals surface area contributed by atoms with Crippen LogP contribution >= 0.6 is 0 Å². The van der Waals surface area contributed by atoms with E-state index in [1.165, 1.54) is 96.3 Å². The van der Waals surface area contributed by atoms with Gasteiger partial charge in [-0.3, -0.25) is 4.84 Å². The van der Waals surface area contributed by atoms with Gasteiger partial charge in [0.1, 0.15) is 0 Å². The van der Waals surface area contributed by atoms with Crippen molar-refractivity contribution in [3.63, 3.8) is 0 Å². The molecule has 0 unspecified atom stereocenters. The second-order valence-corrected chi connectivity index (χ2v) is 12.8. The van der Waals surface area contributed by atoms with Crippen LogP contribution in [0.25, 0.3) is 0 Å². The Labute approximate surface area is 219 Å². The lowest BCUT2D eigenvalue weighted by atomic mass is 9.86. The SMILES string of the molecule is CCCCCCCCCCCCCCCCCCOC1=CC(C)(C)N(OCC(C)(C)O)C(C)(C)C1. The number of hydroxylamine groups is 2. The maximum atomic E-state index is 10.1. The van der Waals surface area contributed by atoms with Gasteiger partial charge in [-0.25, -0.2) is 0 Å². The number of ether oxygens (including phenoxy) is 1. The molecular weight excluding hydrogens is 434 g/mol. The van der Waals surface area contributed by atoms with E-state index < -0.39 is 5.60 Å². The molecular formula is C31H61NO3. The Hall–Kier alpha value is -0.580. The molecule has 0 amide bonds. The predicted molar refractivity (Wildman–Crippen MR) is 150 cm³/mol. The van der Waals surface area contributed by atoms with E-state index in [1.54, 1.807) is 13.8 Å². The van der Waals surface area contributed by atoms with Crippen molar-refractivity contribution >= 4 is 0 Å². The Kier molecular flexibility index (Phi) is 15.8. The van der Waals surface area contributed by atoms with Crippen LogP contribution in [0.5, 0.6) is 0 Å². The number of hydrogen-bond donors (Lipinski definition) is 1. The molecule has 0 aromatic rings. The minimum absolute atomic E-state index is 0.187. The van der Waals surface area contributed by atoms with Crippen molar-refractivity contribution < 1.29 is 14.7 Å². The molecule has 1 aliphatic heterocycles. The van der Waals surface area contributed by atoms with Gasteiger partial charge in [0.25, 0.3) is 0 Å². The summed E-state index contributed by atoms with van der Waals surface area (Å²) in [7, 11) is 0. The normalized spacial score (nSPS) is 18.0. The summed E-state index contributed by atoms with van der Waals surface area (Å²) in [5.74, 6) is 1.07. The highest BCUT2D eigenvalue weighted by Crippen LogP contribution is 2.38. The average molecular weight is 496 g/mol. The van der Waals surface area contributed by atoms with E-state index in [9.17, 15) is 5.11 Å². The molecule has 1 N–H and O–H groups in total. The Balaban J connectivity index is 2.07. The molecule has 0 spiro atoms. The van der Waals surface area contributed by atoms with E-state index in [0.717, 1.165) is 25.2 Å². The standard InChI is InChI=1S/C31H61NO3/c1-8-9-10-11-12-13-14-15-16-17-18-19-20-21-22-23-24-34-28-25-29(2,3)32(30(4,5)26-28)35-27-31(6,7)33/h25,33H,8-24,26-27H2,1-7H3. The first-order chi connectivity index (χ1) is 16.5. The molecule has 35 heavy (non-hydrogen) atoms. The summed E-state index contributed by atoms with van der Waals surface area (Å²) in [6.07, 6.45) is 25.2. The monoisotopic (exact) mass is 495 g/mol. The summed E-state index contributed by atoms with van der Waals surface area (Å²) in [6.45, 7) is 15.6. The van der Waals surface area contributed by atoms with Gasteiger partial charge in [0.15, 0.2) is 0 Å². The third-order valence-electron chi connectivity index (χ3n) is 7.03. The summed E-state index contributed by atoms with van der Waals surface area (Å²) in [5, 5.41) is 12.1. The molecule has 0 radical (unpaired) electrons. The molecule has 0 atom stereocenters. The quantitative estimate of drug-likeness (QED) is 0.161. The topological polar surface area (TPSA) is 41.9 Å². The zero-order chi connectivity index (χ0) is 26.2. The fourth-order valence-corrected chi connectivity index (χ4v) is 5.29. The van der Waals surface area contributed by atoms with E-state index in [1.807, 2.05) is 5.06 Å². The highest BCUT2D eigenvalue weighted by molar-refractivity contribution is 5.16. The van der Waals surface area contributed by atoms with Gasteiger partial charge in [-0.2, -0.15) is 5.06 Å². The van der Waals surface area contributed by atoms with E-state index in [-0.39, 0.29) is 17.7 Å². The number of aliphatic hydroxyl groups is 1. The molecule has 208 valence electrons. The van der Waals surface area contributed by atoms with Crippen LogP contribution in [-0.4, -0.2) is 40.1 Å². The number of nitrogens with zero attached hydrogens (tertiary/aromatic N) is 1. The van der Waals surface area contributed by atoms with Crippen molar-refractivity contribution in [2.24, 2.45) is 0 Å². The molecule has 4 heteroatoms. The van der Waals surface area contributed by atoms with Crippen LogP contribution in [0.4, 0.5) is 0 Å². The van der Waals surface area contributed by atoms with Gasteiger partial charge in [-0.05, 0) is 54.0 Å². The van der Waals surface area contributed by atoms with Gasteiger partial charge < -0.3 is 9.84 Å². The maximum Gasteiger partial charge on any atom is 0.0967 e. The number of hydrogen-bond acceptors (Lipinski definition) is 4. The lowest BCUT2D eigenvalue weighted by Gasteiger charge is -2.50. The molecule has 1 heterocycles.